The first-order valence-electron chi connectivity index (χ1n) is 6.09. The van der Waals surface area contributed by atoms with E-state index in [-0.39, 0.29) is 5.92 Å². The second-order valence-electron chi connectivity index (χ2n) is 4.63. The lowest BCUT2D eigenvalue weighted by Gasteiger charge is -2.19. The molecule has 17 heavy (non-hydrogen) atoms. The molecule has 3 nitrogen and oxygen atoms in total. The Morgan fingerprint density at radius 1 is 1.29 bits per heavy atom. The Kier molecular flexibility index (Phi) is 3.67. The fourth-order valence-electron chi connectivity index (χ4n) is 2.72. The second kappa shape index (κ2) is 5.21. The van der Waals surface area contributed by atoms with Crippen molar-refractivity contribution in [1.29, 1.82) is 0 Å². The molecule has 1 aromatic rings. The first kappa shape index (κ1) is 12.0. The topological polar surface area (TPSA) is 46.5 Å². The van der Waals surface area contributed by atoms with Crippen molar-refractivity contribution in [2.24, 2.45) is 5.92 Å². The Bertz CT molecular complexity index is 377. The van der Waals surface area contributed by atoms with Crippen LogP contribution in [0, 0.1) is 5.92 Å². The van der Waals surface area contributed by atoms with Crippen LogP contribution in [0.15, 0.2) is 24.3 Å². The van der Waals surface area contributed by atoms with E-state index in [0.29, 0.717) is 5.92 Å². The van der Waals surface area contributed by atoms with Crippen molar-refractivity contribution in [3.63, 3.8) is 0 Å². The molecule has 0 aliphatic heterocycles. The van der Waals surface area contributed by atoms with E-state index in [1.54, 1.807) is 7.11 Å². The van der Waals surface area contributed by atoms with Crippen LogP contribution in [0.25, 0.3) is 0 Å². The number of hydrogen-bond donors (Lipinski definition) is 1. The summed E-state index contributed by atoms with van der Waals surface area (Å²) in [6.07, 6.45) is 4.38. The lowest BCUT2D eigenvalue weighted by atomic mass is 9.85. The quantitative estimate of drug-likeness (QED) is 0.871. The Balaban J connectivity index is 2.22. The molecule has 0 radical (unpaired) electrons. The lowest BCUT2D eigenvalue weighted by molar-refractivity contribution is -0.140. The predicted molar refractivity (Wildman–Crippen MR) is 65.3 cm³/mol. The maximum Gasteiger partial charge on any atom is 0.311 e. The lowest BCUT2D eigenvalue weighted by Crippen LogP contribution is -2.19. The minimum absolute atomic E-state index is 0.292. The first-order chi connectivity index (χ1) is 8.22. The molecule has 1 unspecified atom stereocenters. The Morgan fingerprint density at radius 2 is 1.88 bits per heavy atom. The third-order valence-corrected chi connectivity index (χ3v) is 3.61. The third kappa shape index (κ3) is 2.60. The van der Waals surface area contributed by atoms with Gasteiger partial charge in [-0.05, 0) is 36.5 Å². The van der Waals surface area contributed by atoms with Gasteiger partial charge in [0.2, 0.25) is 0 Å². The molecule has 1 aliphatic rings. The molecule has 0 heterocycles. The summed E-state index contributed by atoms with van der Waals surface area (Å²) in [4.78, 5) is 11.4. The summed E-state index contributed by atoms with van der Waals surface area (Å²) in [6.45, 7) is 0. The number of benzene rings is 1. The van der Waals surface area contributed by atoms with E-state index in [1.807, 2.05) is 24.3 Å². The van der Waals surface area contributed by atoms with E-state index in [1.165, 1.54) is 0 Å². The van der Waals surface area contributed by atoms with Gasteiger partial charge in [-0.1, -0.05) is 25.0 Å². The summed E-state index contributed by atoms with van der Waals surface area (Å²) in [7, 11) is 1.61. The van der Waals surface area contributed by atoms with Gasteiger partial charge in [-0.15, -0.1) is 0 Å². The molecule has 0 bridgehead atoms. The number of carboxylic acid groups (broad SMARTS) is 1. The minimum atomic E-state index is -0.706. The van der Waals surface area contributed by atoms with Crippen molar-refractivity contribution in [1.82, 2.24) is 0 Å². The highest BCUT2D eigenvalue weighted by molar-refractivity contribution is 5.76. The van der Waals surface area contributed by atoms with E-state index in [2.05, 4.69) is 0 Å². The fraction of sp³-hybridized carbons (Fsp3) is 0.500. The highest BCUT2D eigenvalue weighted by atomic mass is 16.5. The van der Waals surface area contributed by atoms with Crippen LogP contribution in [0.4, 0.5) is 0 Å². The number of carbonyl (C=O) groups is 1. The van der Waals surface area contributed by atoms with Gasteiger partial charge in [0.25, 0.3) is 0 Å². The van der Waals surface area contributed by atoms with Gasteiger partial charge in [0.15, 0.2) is 0 Å². The van der Waals surface area contributed by atoms with Crippen LogP contribution < -0.4 is 4.74 Å². The van der Waals surface area contributed by atoms with Gasteiger partial charge < -0.3 is 9.84 Å². The van der Waals surface area contributed by atoms with Gasteiger partial charge >= 0.3 is 5.97 Å². The van der Waals surface area contributed by atoms with Gasteiger partial charge in [-0.3, -0.25) is 4.79 Å². The van der Waals surface area contributed by atoms with Gasteiger partial charge in [0, 0.05) is 0 Å². The van der Waals surface area contributed by atoms with Crippen molar-refractivity contribution in [2.45, 2.75) is 31.6 Å². The third-order valence-electron chi connectivity index (χ3n) is 3.61. The van der Waals surface area contributed by atoms with Crippen molar-refractivity contribution >= 4 is 5.97 Å². The molecule has 1 aromatic carbocycles. The summed E-state index contributed by atoms with van der Waals surface area (Å²) in [5.41, 5.74) is 0.894. The molecule has 1 aliphatic carbocycles. The Morgan fingerprint density at radius 3 is 2.35 bits per heavy atom. The number of ether oxygens (including phenoxy) is 1. The van der Waals surface area contributed by atoms with Crippen LogP contribution in [0.3, 0.4) is 0 Å². The van der Waals surface area contributed by atoms with Crippen molar-refractivity contribution in [3.8, 4) is 5.75 Å². The van der Waals surface area contributed by atoms with Crippen LogP contribution in [-0.2, 0) is 4.79 Å². The summed E-state index contributed by atoms with van der Waals surface area (Å²) >= 11 is 0. The highest BCUT2D eigenvalue weighted by Gasteiger charge is 2.31. The zero-order valence-corrected chi connectivity index (χ0v) is 10.1. The number of methoxy groups -OCH3 is 1. The molecular weight excluding hydrogens is 216 g/mol. The van der Waals surface area contributed by atoms with E-state index in [0.717, 1.165) is 37.0 Å². The normalized spacial score (nSPS) is 17.9. The molecular formula is C14H18O3. The second-order valence-corrected chi connectivity index (χ2v) is 4.63. The van der Waals surface area contributed by atoms with E-state index in [4.69, 9.17) is 4.74 Å². The zero-order valence-electron chi connectivity index (χ0n) is 10.1. The van der Waals surface area contributed by atoms with Gasteiger partial charge in [0.05, 0.1) is 13.0 Å². The van der Waals surface area contributed by atoms with Gasteiger partial charge in [-0.2, -0.15) is 0 Å². The number of rotatable bonds is 4. The number of aliphatic carboxylic acids is 1. The Hall–Kier alpha value is -1.51. The van der Waals surface area contributed by atoms with Crippen molar-refractivity contribution in [3.05, 3.63) is 29.8 Å². The molecule has 1 N–H and O–H groups in total. The van der Waals surface area contributed by atoms with Crippen LogP contribution in [0.5, 0.6) is 5.75 Å². The molecule has 0 spiro atoms. The first-order valence-corrected chi connectivity index (χ1v) is 6.09. The highest BCUT2D eigenvalue weighted by Crippen LogP contribution is 2.37. The minimum Gasteiger partial charge on any atom is -0.497 e. The summed E-state index contributed by atoms with van der Waals surface area (Å²) in [5, 5.41) is 9.38. The van der Waals surface area contributed by atoms with Crippen molar-refractivity contribution in [2.75, 3.05) is 7.11 Å². The van der Waals surface area contributed by atoms with E-state index >= 15 is 0 Å². The molecule has 0 aromatic heterocycles. The van der Waals surface area contributed by atoms with Crippen LogP contribution in [-0.4, -0.2) is 18.2 Å². The van der Waals surface area contributed by atoms with Crippen LogP contribution >= 0.6 is 0 Å². The zero-order chi connectivity index (χ0) is 12.3. The van der Waals surface area contributed by atoms with E-state index in [9.17, 15) is 9.90 Å². The summed E-state index contributed by atoms with van der Waals surface area (Å²) < 4.78 is 5.09. The van der Waals surface area contributed by atoms with Crippen LogP contribution in [0.2, 0.25) is 0 Å². The largest absolute Gasteiger partial charge is 0.497 e. The average molecular weight is 234 g/mol. The molecule has 2 rings (SSSR count). The van der Waals surface area contributed by atoms with Crippen molar-refractivity contribution < 1.29 is 14.6 Å². The molecule has 92 valence electrons. The summed E-state index contributed by atoms with van der Waals surface area (Å²) in [6, 6.07) is 7.41. The fourth-order valence-corrected chi connectivity index (χ4v) is 2.72. The molecule has 0 amide bonds. The van der Waals surface area contributed by atoms with E-state index < -0.39 is 5.97 Å². The monoisotopic (exact) mass is 234 g/mol. The Labute approximate surface area is 101 Å². The molecule has 3 heteroatoms. The van der Waals surface area contributed by atoms with Gasteiger partial charge in [-0.25, -0.2) is 0 Å². The molecule has 0 saturated heterocycles. The molecule has 1 saturated carbocycles. The standard InChI is InChI=1S/C14H18O3/c1-17-12-8-6-11(7-9-12)13(14(15)16)10-4-2-3-5-10/h6-10,13H,2-5H2,1H3,(H,15,16). The maximum atomic E-state index is 11.4. The maximum absolute atomic E-state index is 11.4. The smallest absolute Gasteiger partial charge is 0.311 e. The van der Waals surface area contributed by atoms with Crippen LogP contribution in [0.1, 0.15) is 37.2 Å². The molecule has 1 fully saturated rings. The SMILES string of the molecule is COc1ccc(C(C(=O)O)C2CCCC2)cc1. The molecule has 1 atom stereocenters. The number of hydrogen-bond acceptors (Lipinski definition) is 2. The number of carboxylic acids is 1. The van der Waals surface area contributed by atoms with Gasteiger partial charge in [0.1, 0.15) is 5.75 Å². The predicted octanol–water partition coefficient (Wildman–Crippen LogP) is 3.05. The summed E-state index contributed by atoms with van der Waals surface area (Å²) in [5.74, 6) is -0.00400. The average Bonchev–Trinajstić information content (AvgIpc) is 2.83.